The van der Waals surface area contributed by atoms with Crippen molar-refractivity contribution in [1.29, 1.82) is 10.5 Å². The van der Waals surface area contributed by atoms with E-state index in [2.05, 4.69) is 32.0 Å². The van der Waals surface area contributed by atoms with Crippen molar-refractivity contribution >= 4 is 33.1 Å². The number of pyridine rings is 2. The SMILES string of the molecule is Cn1ccc2c([C@H](Nc3cc(C#N)c4ncc(C#N)c(NCC(C)(C)C(F)(F)F)c4c3)c3cn(C4(C5CC5)CC4)nn3)cccc2c1=O. The van der Waals surface area contributed by atoms with Crippen LogP contribution >= 0.6 is 0 Å². The van der Waals surface area contributed by atoms with Crippen LogP contribution in [0.15, 0.2) is 59.8 Å². The minimum atomic E-state index is -4.50. The lowest BCUT2D eigenvalue weighted by atomic mass is 9.92. The zero-order valence-corrected chi connectivity index (χ0v) is 26.6. The first-order valence-electron chi connectivity index (χ1n) is 15.7. The molecule has 0 saturated heterocycles. The zero-order chi connectivity index (χ0) is 34.0. The lowest BCUT2D eigenvalue weighted by Crippen LogP contribution is -2.38. The van der Waals surface area contributed by atoms with E-state index in [1.54, 1.807) is 37.5 Å². The Morgan fingerprint density at radius 2 is 1.81 bits per heavy atom. The number of anilines is 2. The van der Waals surface area contributed by atoms with Gasteiger partial charge in [-0.25, -0.2) is 4.68 Å². The molecule has 2 aromatic carbocycles. The van der Waals surface area contributed by atoms with Gasteiger partial charge in [0.05, 0.1) is 45.5 Å². The van der Waals surface area contributed by atoms with Gasteiger partial charge in [0, 0.05) is 42.4 Å². The van der Waals surface area contributed by atoms with Gasteiger partial charge in [0.2, 0.25) is 0 Å². The summed E-state index contributed by atoms with van der Waals surface area (Å²) < 4.78 is 44.8. The van der Waals surface area contributed by atoms with Gasteiger partial charge in [0.15, 0.2) is 0 Å². The van der Waals surface area contributed by atoms with Crippen LogP contribution < -0.4 is 16.2 Å². The van der Waals surface area contributed by atoms with E-state index in [-0.39, 0.29) is 33.4 Å². The number of nitrogens with one attached hydrogen (secondary N) is 2. The van der Waals surface area contributed by atoms with Crippen LogP contribution in [0.1, 0.15) is 68.0 Å². The molecule has 10 nitrogen and oxygen atoms in total. The fourth-order valence-electron chi connectivity index (χ4n) is 6.49. The molecule has 2 aliphatic rings. The summed E-state index contributed by atoms with van der Waals surface area (Å²) in [6.07, 6.45) is 4.79. The minimum absolute atomic E-state index is 0.0223. The van der Waals surface area contributed by atoms with Crippen molar-refractivity contribution in [2.45, 2.75) is 57.3 Å². The highest BCUT2D eigenvalue weighted by atomic mass is 19.4. The number of nitrogens with zero attached hydrogens (tertiary/aromatic N) is 7. The molecule has 0 spiro atoms. The van der Waals surface area contributed by atoms with Crippen molar-refractivity contribution in [3.8, 4) is 12.1 Å². The van der Waals surface area contributed by atoms with Crippen LogP contribution in [0.25, 0.3) is 21.7 Å². The Kier molecular flexibility index (Phi) is 7.20. The third-order valence-electron chi connectivity index (χ3n) is 9.83. The highest BCUT2D eigenvalue weighted by Gasteiger charge is 2.56. The highest BCUT2D eigenvalue weighted by molar-refractivity contribution is 5.99. The first-order chi connectivity index (χ1) is 22.9. The van der Waals surface area contributed by atoms with Gasteiger partial charge in [0.1, 0.15) is 17.8 Å². The van der Waals surface area contributed by atoms with E-state index in [9.17, 15) is 28.5 Å². The number of benzene rings is 2. The van der Waals surface area contributed by atoms with Crippen LogP contribution in [0.5, 0.6) is 0 Å². The van der Waals surface area contributed by atoms with Gasteiger partial charge in [-0.2, -0.15) is 23.7 Å². The van der Waals surface area contributed by atoms with Crippen LogP contribution in [0, 0.1) is 34.0 Å². The van der Waals surface area contributed by atoms with Crippen molar-refractivity contribution in [3.05, 3.63) is 87.7 Å². The average Bonchev–Trinajstić information content (AvgIpc) is 4.00. The molecule has 0 aliphatic heterocycles. The second-order valence-corrected chi connectivity index (χ2v) is 13.5. The number of halogens is 3. The maximum atomic E-state index is 13.8. The molecule has 5 aromatic rings. The quantitative estimate of drug-likeness (QED) is 0.184. The predicted molar refractivity (Wildman–Crippen MR) is 174 cm³/mol. The van der Waals surface area contributed by atoms with Crippen molar-refractivity contribution in [3.63, 3.8) is 0 Å². The summed E-state index contributed by atoms with van der Waals surface area (Å²) in [5.74, 6) is 0.577. The number of fused-ring (bicyclic) bond motifs is 2. The number of hydrogen-bond acceptors (Lipinski definition) is 8. The van der Waals surface area contributed by atoms with E-state index in [0.717, 1.165) is 45.1 Å². The van der Waals surface area contributed by atoms with Crippen LogP contribution in [0.4, 0.5) is 24.5 Å². The Hall–Kier alpha value is -5.43. The number of hydrogen-bond donors (Lipinski definition) is 2. The monoisotopic (exact) mass is 651 g/mol. The Morgan fingerprint density at radius 3 is 2.48 bits per heavy atom. The van der Waals surface area contributed by atoms with E-state index in [1.165, 1.54) is 10.8 Å². The summed E-state index contributed by atoms with van der Waals surface area (Å²) in [5, 5.41) is 37.1. The van der Waals surface area contributed by atoms with E-state index in [4.69, 9.17) is 0 Å². The first-order valence-corrected chi connectivity index (χ1v) is 15.7. The maximum absolute atomic E-state index is 13.8. The van der Waals surface area contributed by atoms with Crippen molar-refractivity contribution in [2.75, 3.05) is 17.2 Å². The molecule has 2 fully saturated rings. The van der Waals surface area contributed by atoms with Gasteiger partial charge in [-0.15, -0.1) is 5.10 Å². The van der Waals surface area contributed by atoms with Gasteiger partial charge in [-0.1, -0.05) is 17.3 Å². The summed E-state index contributed by atoms with van der Waals surface area (Å²) in [5.41, 5.74) is 0.103. The van der Waals surface area contributed by atoms with Crippen molar-refractivity contribution < 1.29 is 13.2 Å². The number of nitriles is 2. The Balaban J connectivity index is 1.37. The third kappa shape index (κ3) is 5.20. The molecule has 244 valence electrons. The molecule has 1 atom stereocenters. The summed E-state index contributed by atoms with van der Waals surface area (Å²) in [4.78, 5) is 17.4. The maximum Gasteiger partial charge on any atom is 0.395 e. The van der Waals surface area contributed by atoms with Crippen LogP contribution in [0.3, 0.4) is 0 Å². The number of aryl methyl sites for hydroxylation is 1. The van der Waals surface area contributed by atoms with Crippen molar-refractivity contribution in [2.24, 2.45) is 18.4 Å². The second-order valence-electron chi connectivity index (χ2n) is 13.5. The Bertz CT molecular complexity index is 2230. The molecule has 0 bridgehead atoms. The van der Waals surface area contributed by atoms with E-state index < -0.39 is 24.2 Å². The number of rotatable bonds is 9. The standard InChI is InChI=1S/C35H32F3N9O/c1-33(2,35(36,37)38)19-42-30-21(16-40)17-41-29-20(15-39)13-23(14-27(29)30)43-31(25-5-4-6-26-24(25)9-12-46(3)32(26)48)28-18-47(45-44-28)34(10-11-34)22-7-8-22/h4-6,9,12-14,17-18,22,31,43H,7-8,10-11,19H2,1-3H3,(H,41,42)/t31-/m0/s1. The normalized spacial score (nSPS) is 16.3. The lowest BCUT2D eigenvalue weighted by Gasteiger charge is -2.28. The van der Waals surface area contributed by atoms with Gasteiger partial charge >= 0.3 is 6.18 Å². The zero-order valence-electron chi connectivity index (χ0n) is 26.6. The average molecular weight is 652 g/mol. The van der Waals surface area contributed by atoms with Crippen LogP contribution in [-0.4, -0.2) is 37.3 Å². The number of alkyl halides is 3. The molecule has 3 heterocycles. The molecule has 48 heavy (non-hydrogen) atoms. The molecule has 3 aromatic heterocycles. The smallest absolute Gasteiger partial charge is 0.382 e. The fourth-order valence-corrected chi connectivity index (χ4v) is 6.49. The minimum Gasteiger partial charge on any atom is -0.382 e. The van der Waals surface area contributed by atoms with Gasteiger partial charge in [-0.05, 0) is 80.7 Å². The Labute approximate surface area is 273 Å². The van der Waals surface area contributed by atoms with Gasteiger partial charge < -0.3 is 15.2 Å². The number of aromatic nitrogens is 5. The molecule has 2 N–H and O–H groups in total. The predicted octanol–water partition coefficient (Wildman–Crippen LogP) is 6.52. The molecule has 0 unspecified atom stereocenters. The summed E-state index contributed by atoms with van der Waals surface area (Å²) in [6, 6.07) is 14.1. The fraction of sp³-hybridized carbons (Fsp3) is 0.371. The van der Waals surface area contributed by atoms with Crippen molar-refractivity contribution in [1.82, 2.24) is 24.5 Å². The summed E-state index contributed by atoms with van der Waals surface area (Å²) >= 11 is 0. The van der Waals surface area contributed by atoms with E-state index in [1.807, 2.05) is 29.1 Å². The lowest BCUT2D eigenvalue weighted by molar-refractivity contribution is -0.206. The van der Waals surface area contributed by atoms with E-state index in [0.29, 0.717) is 33.5 Å². The third-order valence-corrected chi connectivity index (χ3v) is 9.83. The van der Waals surface area contributed by atoms with Gasteiger partial charge in [0.25, 0.3) is 5.56 Å². The van der Waals surface area contributed by atoms with Crippen LogP contribution in [-0.2, 0) is 12.6 Å². The molecule has 0 radical (unpaired) electrons. The Morgan fingerprint density at radius 1 is 1.06 bits per heavy atom. The second kappa shape index (κ2) is 11.1. The molecule has 2 saturated carbocycles. The summed E-state index contributed by atoms with van der Waals surface area (Å²) in [7, 11) is 1.69. The van der Waals surface area contributed by atoms with Crippen LogP contribution in [0.2, 0.25) is 0 Å². The van der Waals surface area contributed by atoms with Gasteiger partial charge in [-0.3, -0.25) is 9.78 Å². The first kappa shape index (κ1) is 31.2. The molecule has 2 aliphatic carbocycles. The molecular formula is C35H32F3N9O. The molecule has 0 amide bonds. The topological polar surface area (TPSA) is 137 Å². The molecular weight excluding hydrogens is 619 g/mol. The highest BCUT2D eigenvalue weighted by Crippen LogP contribution is 2.59. The largest absolute Gasteiger partial charge is 0.395 e. The summed E-state index contributed by atoms with van der Waals surface area (Å²) in [6.45, 7) is 1.64. The molecule has 13 heteroatoms. The van der Waals surface area contributed by atoms with E-state index >= 15 is 0 Å². The molecule has 7 rings (SSSR count).